The summed E-state index contributed by atoms with van der Waals surface area (Å²) in [6, 6.07) is 10.1. The summed E-state index contributed by atoms with van der Waals surface area (Å²) in [6.45, 7) is 3.62. The molecule has 9 heteroatoms. The molecule has 0 aliphatic carbocycles. The molecule has 0 aliphatic heterocycles. The second-order valence-corrected chi connectivity index (χ2v) is 5.26. The van der Waals surface area contributed by atoms with Gasteiger partial charge in [-0.05, 0) is 19.4 Å². The number of nitrogens with zero attached hydrogens (tertiary/aromatic N) is 3. The average Bonchev–Trinajstić information content (AvgIpc) is 2.59. The van der Waals surface area contributed by atoms with Crippen LogP contribution in [0.5, 0.6) is 0 Å². The van der Waals surface area contributed by atoms with Gasteiger partial charge in [-0.3, -0.25) is 25.0 Å². The van der Waals surface area contributed by atoms with Gasteiger partial charge in [0.05, 0.1) is 27.2 Å². The molecule has 0 atom stereocenters. The van der Waals surface area contributed by atoms with Crippen LogP contribution >= 0.6 is 0 Å². The molecule has 0 fully saturated rings. The van der Waals surface area contributed by atoms with Crippen molar-refractivity contribution in [3.8, 4) is 0 Å². The van der Waals surface area contributed by atoms with E-state index < -0.39 is 27.1 Å². The van der Waals surface area contributed by atoms with Crippen LogP contribution in [0.15, 0.2) is 47.6 Å². The van der Waals surface area contributed by atoms with Crippen molar-refractivity contribution in [3.63, 3.8) is 0 Å². The summed E-state index contributed by atoms with van der Waals surface area (Å²) in [5.74, 6) is -0.779. The van der Waals surface area contributed by atoms with E-state index in [0.717, 1.165) is 29.3 Å². The highest BCUT2D eigenvalue weighted by atomic mass is 16.6. The molecule has 0 heterocycles. The predicted octanol–water partition coefficient (Wildman–Crippen LogP) is 2.97. The van der Waals surface area contributed by atoms with Crippen LogP contribution < -0.4 is 5.43 Å². The van der Waals surface area contributed by atoms with Crippen LogP contribution in [-0.4, -0.2) is 21.5 Å². The first kappa shape index (κ1) is 17.7. The fraction of sp³-hybridized carbons (Fsp3) is 0.125. The number of nitro benzene ring substituents is 2. The van der Waals surface area contributed by atoms with Crippen LogP contribution in [0, 0.1) is 27.2 Å². The molecular formula is C16H14N4O5. The molecule has 2 aromatic carbocycles. The summed E-state index contributed by atoms with van der Waals surface area (Å²) in [7, 11) is 0. The summed E-state index contributed by atoms with van der Waals surface area (Å²) in [5.41, 5.74) is 3.32. The Balaban J connectivity index is 2.25. The number of carbonyl (C=O) groups excluding carboxylic acids is 1. The molecule has 0 saturated carbocycles. The molecular weight excluding hydrogens is 328 g/mol. The predicted molar refractivity (Wildman–Crippen MR) is 90.6 cm³/mol. The lowest BCUT2D eigenvalue weighted by Crippen LogP contribution is -2.19. The minimum absolute atomic E-state index is 0.221. The summed E-state index contributed by atoms with van der Waals surface area (Å²) in [4.78, 5) is 32.2. The molecule has 128 valence electrons. The third kappa shape index (κ3) is 4.44. The Bertz CT molecular complexity index is 842. The molecule has 0 spiro atoms. The van der Waals surface area contributed by atoms with Gasteiger partial charge in [-0.2, -0.15) is 5.10 Å². The molecule has 0 aliphatic rings. The van der Waals surface area contributed by atoms with Crippen molar-refractivity contribution in [2.75, 3.05) is 0 Å². The van der Waals surface area contributed by atoms with E-state index in [-0.39, 0.29) is 5.56 Å². The van der Waals surface area contributed by atoms with Crippen molar-refractivity contribution in [2.45, 2.75) is 13.8 Å². The molecule has 0 unspecified atom stereocenters. The number of aryl methyl sites for hydroxylation is 1. The molecule has 1 amide bonds. The fourth-order valence-corrected chi connectivity index (χ4v) is 2.00. The van der Waals surface area contributed by atoms with E-state index in [9.17, 15) is 25.0 Å². The van der Waals surface area contributed by atoms with Crippen LogP contribution in [0.3, 0.4) is 0 Å². The lowest BCUT2D eigenvalue weighted by Gasteiger charge is -2.04. The third-order valence-corrected chi connectivity index (χ3v) is 3.38. The number of amides is 1. The lowest BCUT2D eigenvalue weighted by molar-refractivity contribution is -0.394. The standard InChI is InChI=1S/C16H14N4O5/c1-10-3-5-12(6-4-10)11(2)17-18-16(21)13-7-14(19(22)23)9-15(8-13)20(24)25/h3-9H,1-2H3,(H,18,21)/b17-11+. The van der Waals surface area contributed by atoms with Crippen molar-refractivity contribution < 1.29 is 14.6 Å². The number of benzene rings is 2. The Labute approximate surface area is 142 Å². The first-order chi connectivity index (χ1) is 11.8. The van der Waals surface area contributed by atoms with Crippen LogP contribution in [-0.2, 0) is 0 Å². The van der Waals surface area contributed by atoms with Crippen molar-refractivity contribution in [1.82, 2.24) is 5.43 Å². The molecule has 0 radical (unpaired) electrons. The van der Waals surface area contributed by atoms with Crippen LogP contribution in [0.25, 0.3) is 0 Å². The fourth-order valence-electron chi connectivity index (χ4n) is 2.00. The second kappa shape index (κ2) is 7.30. The SMILES string of the molecule is C/C(=N\NC(=O)c1cc([N+](=O)[O-])cc([N+](=O)[O-])c1)c1ccc(C)cc1. The molecule has 25 heavy (non-hydrogen) atoms. The van der Waals surface area contributed by atoms with Crippen molar-refractivity contribution in [2.24, 2.45) is 5.10 Å². The summed E-state index contributed by atoms with van der Waals surface area (Å²) >= 11 is 0. The maximum Gasteiger partial charge on any atom is 0.277 e. The quantitative estimate of drug-likeness (QED) is 0.507. The minimum atomic E-state index is -0.801. The van der Waals surface area contributed by atoms with E-state index >= 15 is 0 Å². The summed E-state index contributed by atoms with van der Waals surface area (Å²) in [5, 5.41) is 25.6. The van der Waals surface area contributed by atoms with Gasteiger partial charge in [0.2, 0.25) is 0 Å². The van der Waals surface area contributed by atoms with Crippen molar-refractivity contribution >= 4 is 23.0 Å². The van der Waals surface area contributed by atoms with Gasteiger partial charge in [0, 0.05) is 12.1 Å². The van der Waals surface area contributed by atoms with E-state index in [0.29, 0.717) is 5.71 Å². The number of carbonyl (C=O) groups is 1. The molecule has 0 aromatic heterocycles. The van der Waals surface area contributed by atoms with Gasteiger partial charge in [-0.15, -0.1) is 0 Å². The topological polar surface area (TPSA) is 128 Å². The van der Waals surface area contributed by atoms with E-state index in [2.05, 4.69) is 10.5 Å². The summed E-state index contributed by atoms with van der Waals surface area (Å²) < 4.78 is 0. The van der Waals surface area contributed by atoms with Gasteiger partial charge in [0.15, 0.2) is 0 Å². The van der Waals surface area contributed by atoms with Crippen LogP contribution in [0.2, 0.25) is 0 Å². The monoisotopic (exact) mass is 342 g/mol. The van der Waals surface area contributed by atoms with Gasteiger partial charge in [0.25, 0.3) is 17.3 Å². The Morgan fingerprint density at radius 1 is 0.960 bits per heavy atom. The van der Waals surface area contributed by atoms with Gasteiger partial charge in [0.1, 0.15) is 0 Å². The second-order valence-electron chi connectivity index (χ2n) is 5.26. The zero-order chi connectivity index (χ0) is 18.6. The number of rotatable bonds is 5. The van der Waals surface area contributed by atoms with Gasteiger partial charge < -0.3 is 0 Å². The van der Waals surface area contributed by atoms with Crippen molar-refractivity contribution in [1.29, 1.82) is 0 Å². The zero-order valence-electron chi connectivity index (χ0n) is 13.4. The molecule has 2 aromatic rings. The van der Waals surface area contributed by atoms with Gasteiger partial charge in [-0.25, -0.2) is 5.43 Å². The average molecular weight is 342 g/mol. The van der Waals surface area contributed by atoms with E-state index in [4.69, 9.17) is 0 Å². The number of hydrogen-bond donors (Lipinski definition) is 1. The largest absolute Gasteiger partial charge is 0.277 e. The van der Waals surface area contributed by atoms with Gasteiger partial charge >= 0.3 is 0 Å². The molecule has 2 rings (SSSR count). The van der Waals surface area contributed by atoms with Crippen LogP contribution in [0.4, 0.5) is 11.4 Å². The molecule has 0 saturated heterocycles. The Morgan fingerprint density at radius 3 is 1.96 bits per heavy atom. The van der Waals surface area contributed by atoms with E-state index in [1.165, 1.54) is 0 Å². The normalized spacial score (nSPS) is 11.0. The third-order valence-electron chi connectivity index (χ3n) is 3.38. The highest BCUT2D eigenvalue weighted by Gasteiger charge is 2.19. The lowest BCUT2D eigenvalue weighted by atomic mass is 10.1. The number of nitrogens with one attached hydrogen (secondary N) is 1. The zero-order valence-corrected chi connectivity index (χ0v) is 13.4. The Kier molecular flexibility index (Phi) is 5.18. The molecule has 0 bridgehead atoms. The number of hydrogen-bond acceptors (Lipinski definition) is 6. The number of non-ortho nitro benzene ring substituents is 2. The van der Waals surface area contributed by atoms with E-state index in [1.54, 1.807) is 6.92 Å². The number of nitro groups is 2. The smallest absolute Gasteiger partial charge is 0.267 e. The maximum atomic E-state index is 12.1. The summed E-state index contributed by atoms with van der Waals surface area (Å²) in [6.07, 6.45) is 0. The molecule has 1 N–H and O–H groups in total. The Hall–Kier alpha value is -3.62. The maximum absolute atomic E-state index is 12.1. The van der Waals surface area contributed by atoms with Gasteiger partial charge in [-0.1, -0.05) is 29.8 Å². The minimum Gasteiger partial charge on any atom is -0.267 e. The number of hydrazone groups is 1. The molecule has 9 nitrogen and oxygen atoms in total. The highest BCUT2D eigenvalue weighted by Crippen LogP contribution is 2.22. The highest BCUT2D eigenvalue weighted by molar-refractivity contribution is 6.01. The van der Waals surface area contributed by atoms with Crippen LogP contribution in [0.1, 0.15) is 28.4 Å². The Morgan fingerprint density at radius 2 is 1.48 bits per heavy atom. The van der Waals surface area contributed by atoms with Crippen molar-refractivity contribution in [3.05, 3.63) is 79.4 Å². The first-order valence-corrected chi connectivity index (χ1v) is 7.13. The van der Waals surface area contributed by atoms with E-state index in [1.807, 2.05) is 31.2 Å². The first-order valence-electron chi connectivity index (χ1n) is 7.13.